The quantitative estimate of drug-likeness (QED) is 0.653. The average Bonchev–Trinajstić information content (AvgIpc) is 2.84. The molecular formula is C26H34N2O3. The maximum Gasteiger partial charge on any atom is 0.253 e. The van der Waals surface area contributed by atoms with E-state index in [1.54, 1.807) is 0 Å². The highest BCUT2D eigenvalue weighted by Gasteiger charge is 2.24. The maximum absolute atomic E-state index is 12.6. The van der Waals surface area contributed by atoms with Gasteiger partial charge in [0, 0.05) is 37.8 Å². The second kappa shape index (κ2) is 10.7. The summed E-state index contributed by atoms with van der Waals surface area (Å²) < 4.78 is 12.1. The Kier molecular flexibility index (Phi) is 7.47. The van der Waals surface area contributed by atoms with Gasteiger partial charge in [0.25, 0.3) is 5.91 Å². The topological polar surface area (TPSA) is 42.0 Å². The van der Waals surface area contributed by atoms with Gasteiger partial charge in [-0.05, 0) is 75.4 Å². The molecule has 1 amide bonds. The van der Waals surface area contributed by atoms with Gasteiger partial charge in [-0.2, -0.15) is 0 Å². The first-order valence-electron chi connectivity index (χ1n) is 11.7. The lowest BCUT2D eigenvalue weighted by molar-refractivity contribution is 0.0636. The van der Waals surface area contributed by atoms with Gasteiger partial charge in [0.05, 0.1) is 0 Å². The summed E-state index contributed by atoms with van der Waals surface area (Å²) >= 11 is 0. The Bertz CT molecular complexity index is 810. The fraction of sp³-hybridized carbons (Fsp3) is 0.500. The highest BCUT2D eigenvalue weighted by Crippen LogP contribution is 2.22. The SMILES string of the molecule is C[C@@H](COc1ccccc1)N1CCC(Oc2ccc(C(=O)N3CCCCC3)cc2)CC1. The van der Waals surface area contributed by atoms with Crippen LogP contribution >= 0.6 is 0 Å². The lowest BCUT2D eigenvalue weighted by Crippen LogP contribution is -2.45. The molecule has 2 aromatic carbocycles. The third-order valence-electron chi connectivity index (χ3n) is 6.38. The van der Waals surface area contributed by atoms with Gasteiger partial charge in [0.1, 0.15) is 24.2 Å². The van der Waals surface area contributed by atoms with Crippen molar-refractivity contribution in [3.8, 4) is 11.5 Å². The Morgan fingerprint density at radius 3 is 2.26 bits per heavy atom. The highest BCUT2D eigenvalue weighted by atomic mass is 16.5. The Morgan fingerprint density at radius 2 is 1.58 bits per heavy atom. The van der Waals surface area contributed by atoms with Crippen molar-refractivity contribution in [1.29, 1.82) is 0 Å². The van der Waals surface area contributed by atoms with Gasteiger partial charge in [0.15, 0.2) is 0 Å². The monoisotopic (exact) mass is 422 g/mol. The minimum Gasteiger partial charge on any atom is -0.492 e. The van der Waals surface area contributed by atoms with Crippen LogP contribution in [0.25, 0.3) is 0 Å². The third-order valence-corrected chi connectivity index (χ3v) is 6.38. The van der Waals surface area contributed by atoms with E-state index in [-0.39, 0.29) is 12.0 Å². The van der Waals surface area contributed by atoms with E-state index in [1.807, 2.05) is 59.5 Å². The van der Waals surface area contributed by atoms with E-state index < -0.39 is 0 Å². The number of hydrogen-bond acceptors (Lipinski definition) is 4. The van der Waals surface area contributed by atoms with Gasteiger partial charge < -0.3 is 14.4 Å². The van der Waals surface area contributed by atoms with Gasteiger partial charge in [0.2, 0.25) is 0 Å². The summed E-state index contributed by atoms with van der Waals surface area (Å²) in [5, 5.41) is 0. The van der Waals surface area contributed by atoms with Crippen molar-refractivity contribution >= 4 is 5.91 Å². The molecule has 5 heteroatoms. The molecule has 0 N–H and O–H groups in total. The standard InChI is InChI=1S/C26H34N2O3/c1-21(20-30-23-8-4-2-5-9-23)27-18-14-25(15-19-27)31-24-12-10-22(11-13-24)26(29)28-16-6-3-7-17-28/h2,4-5,8-13,21,25H,3,6-7,14-20H2,1H3/t21-/m0/s1. The molecule has 5 nitrogen and oxygen atoms in total. The number of carbonyl (C=O) groups is 1. The largest absolute Gasteiger partial charge is 0.492 e. The number of piperidine rings is 2. The van der Waals surface area contributed by atoms with Crippen LogP contribution in [0.5, 0.6) is 11.5 Å². The summed E-state index contributed by atoms with van der Waals surface area (Å²) in [6.45, 7) is 6.70. The molecule has 0 bridgehead atoms. The van der Waals surface area contributed by atoms with E-state index in [0.717, 1.165) is 68.9 Å². The van der Waals surface area contributed by atoms with Crippen molar-refractivity contribution in [2.45, 2.75) is 51.2 Å². The number of ether oxygens (including phenoxy) is 2. The van der Waals surface area contributed by atoms with Gasteiger partial charge in [-0.15, -0.1) is 0 Å². The van der Waals surface area contributed by atoms with E-state index in [9.17, 15) is 4.79 Å². The Hall–Kier alpha value is -2.53. The van der Waals surface area contributed by atoms with Crippen molar-refractivity contribution in [1.82, 2.24) is 9.80 Å². The molecule has 166 valence electrons. The highest BCUT2D eigenvalue weighted by molar-refractivity contribution is 5.94. The van der Waals surface area contributed by atoms with Crippen LogP contribution in [-0.4, -0.2) is 60.6 Å². The molecule has 2 aliphatic heterocycles. The molecular weight excluding hydrogens is 388 g/mol. The van der Waals surface area contributed by atoms with Gasteiger partial charge in [-0.1, -0.05) is 18.2 Å². The summed E-state index contributed by atoms with van der Waals surface area (Å²) in [5.74, 6) is 1.93. The number of nitrogens with zero attached hydrogens (tertiary/aromatic N) is 2. The van der Waals surface area contributed by atoms with Crippen LogP contribution in [0.3, 0.4) is 0 Å². The molecule has 0 saturated carbocycles. The molecule has 2 saturated heterocycles. The van der Waals surface area contributed by atoms with Crippen LogP contribution in [0.15, 0.2) is 54.6 Å². The minimum absolute atomic E-state index is 0.145. The number of hydrogen-bond donors (Lipinski definition) is 0. The summed E-state index contributed by atoms with van der Waals surface area (Å²) in [6, 6.07) is 18.1. The molecule has 2 aliphatic rings. The molecule has 2 aromatic rings. The van der Waals surface area contributed by atoms with E-state index >= 15 is 0 Å². The van der Waals surface area contributed by atoms with Crippen molar-refractivity contribution in [3.05, 3.63) is 60.2 Å². The first kappa shape index (κ1) is 21.7. The smallest absolute Gasteiger partial charge is 0.253 e. The van der Waals surface area contributed by atoms with Crippen molar-refractivity contribution < 1.29 is 14.3 Å². The lowest BCUT2D eigenvalue weighted by atomic mass is 10.1. The van der Waals surface area contributed by atoms with Crippen molar-refractivity contribution in [2.75, 3.05) is 32.8 Å². The number of likely N-dealkylation sites (tertiary alicyclic amines) is 2. The maximum atomic E-state index is 12.6. The zero-order valence-corrected chi connectivity index (χ0v) is 18.5. The van der Waals surface area contributed by atoms with E-state index in [0.29, 0.717) is 12.6 Å². The van der Waals surface area contributed by atoms with Gasteiger partial charge in [-0.3, -0.25) is 9.69 Å². The van der Waals surface area contributed by atoms with Crippen LogP contribution in [0, 0.1) is 0 Å². The number of carbonyl (C=O) groups excluding carboxylic acids is 1. The normalized spacial score (nSPS) is 19.1. The predicted octanol–water partition coefficient (Wildman–Crippen LogP) is 4.62. The summed E-state index contributed by atoms with van der Waals surface area (Å²) in [5.41, 5.74) is 0.760. The third kappa shape index (κ3) is 6.01. The first-order chi connectivity index (χ1) is 15.2. The number of rotatable bonds is 7. The second-order valence-electron chi connectivity index (χ2n) is 8.70. The Morgan fingerprint density at radius 1 is 0.903 bits per heavy atom. The summed E-state index contributed by atoms with van der Waals surface area (Å²) in [6.07, 6.45) is 5.69. The molecule has 4 rings (SSSR count). The molecule has 0 aliphatic carbocycles. The molecule has 2 heterocycles. The van der Waals surface area contributed by atoms with E-state index in [4.69, 9.17) is 9.47 Å². The first-order valence-corrected chi connectivity index (χ1v) is 11.7. The predicted molar refractivity (Wildman–Crippen MR) is 123 cm³/mol. The van der Waals surface area contributed by atoms with Crippen LogP contribution < -0.4 is 9.47 Å². The lowest BCUT2D eigenvalue weighted by Gasteiger charge is -2.35. The molecule has 2 fully saturated rings. The van der Waals surface area contributed by atoms with E-state index in [1.165, 1.54) is 6.42 Å². The molecule has 31 heavy (non-hydrogen) atoms. The van der Waals surface area contributed by atoms with Crippen molar-refractivity contribution in [3.63, 3.8) is 0 Å². The number of para-hydroxylation sites is 1. The fourth-order valence-corrected chi connectivity index (χ4v) is 4.42. The Labute approximate surface area is 185 Å². The van der Waals surface area contributed by atoms with Crippen LogP contribution in [0.1, 0.15) is 49.4 Å². The molecule has 1 atom stereocenters. The average molecular weight is 423 g/mol. The minimum atomic E-state index is 0.145. The number of amides is 1. The summed E-state index contributed by atoms with van der Waals surface area (Å²) in [7, 11) is 0. The van der Waals surface area contributed by atoms with E-state index in [2.05, 4.69) is 11.8 Å². The van der Waals surface area contributed by atoms with Crippen molar-refractivity contribution in [2.24, 2.45) is 0 Å². The van der Waals surface area contributed by atoms with Gasteiger partial charge in [-0.25, -0.2) is 0 Å². The Balaban J connectivity index is 1.21. The van der Waals surface area contributed by atoms with Crippen LogP contribution in [0.4, 0.5) is 0 Å². The second-order valence-corrected chi connectivity index (χ2v) is 8.70. The fourth-order valence-electron chi connectivity index (χ4n) is 4.42. The van der Waals surface area contributed by atoms with Gasteiger partial charge >= 0.3 is 0 Å². The van der Waals surface area contributed by atoms with Crippen LogP contribution in [-0.2, 0) is 0 Å². The molecule has 0 unspecified atom stereocenters. The van der Waals surface area contributed by atoms with Crippen LogP contribution in [0.2, 0.25) is 0 Å². The molecule has 0 radical (unpaired) electrons. The molecule has 0 spiro atoms. The molecule has 0 aromatic heterocycles. The zero-order chi connectivity index (χ0) is 21.5. The zero-order valence-electron chi connectivity index (χ0n) is 18.5. The number of benzene rings is 2. The summed E-state index contributed by atoms with van der Waals surface area (Å²) in [4.78, 5) is 17.1.